The molecule has 12 heavy (non-hydrogen) atoms. The monoisotopic (exact) mass is 248 g/mol. The van der Waals surface area contributed by atoms with Crippen molar-refractivity contribution in [3.05, 3.63) is 0 Å². The van der Waals surface area contributed by atoms with Crippen LogP contribution < -0.4 is 17.0 Å². The van der Waals surface area contributed by atoms with Gasteiger partial charge in [-0.1, -0.05) is 6.92 Å². The maximum atomic E-state index is 11.0. The second-order valence-corrected chi connectivity index (χ2v) is 2.11. The molecule has 4 heteroatoms. The summed E-state index contributed by atoms with van der Waals surface area (Å²) < 4.78 is 68.4. The van der Waals surface area contributed by atoms with Crippen LogP contribution in [0.1, 0.15) is 25.7 Å². The Morgan fingerprint density at radius 1 is 1.50 bits per heavy atom. The fourth-order valence-corrected chi connectivity index (χ4v) is 0.398. The molecule has 3 nitrogen and oxygen atoms in total. The molecule has 0 aliphatic heterocycles. The smallest absolute Gasteiger partial charge is 0.305 e. The highest BCUT2D eigenvalue weighted by Crippen LogP contribution is 1.91. The van der Waals surface area contributed by atoms with Crippen LogP contribution >= 0.6 is 0 Å². The van der Waals surface area contributed by atoms with Crippen molar-refractivity contribution in [2.45, 2.75) is 13.3 Å². The van der Waals surface area contributed by atoms with E-state index in [1.807, 2.05) is 0 Å². The van der Waals surface area contributed by atoms with Crippen molar-refractivity contribution in [1.82, 2.24) is 0 Å². The molecule has 0 aliphatic rings. The van der Waals surface area contributed by atoms with Gasteiger partial charge >= 0.3 is 5.97 Å². The highest BCUT2D eigenvalue weighted by atomic mass is 79.9. The minimum absolute atomic E-state index is 0. The fraction of sp³-hybridized carbons (Fsp3) is 0.875. The normalized spacial score (nSPS) is 24.6. The zero-order chi connectivity index (χ0) is 16.4. The van der Waals surface area contributed by atoms with E-state index in [0.717, 1.165) is 0 Å². The van der Waals surface area contributed by atoms with Crippen LogP contribution in [0.2, 0.25) is 0 Å². The molecule has 0 radical (unpaired) electrons. The molecule has 0 heterocycles. The number of ether oxygens (including phenoxy) is 1. The summed E-state index contributed by atoms with van der Waals surface area (Å²) in [6.07, 6.45) is 0.0231. The Labute approximate surface area is 97.7 Å². The van der Waals surface area contributed by atoms with Crippen LogP contribution in [0.15, 0.2) is 0 Å². The minimum atomic E-state index is -3.31. The second-order valence-electron chi connectivity index (χ2n) is 2.11. The summed E-state index contributed by atoms with van der Waals surface area (Å²) in [7, 11) is 0. The first-order valence-corrected chi connectivity index (χ1v) is 3.24. The van der Waals surface area contributed by atoms with E-state index in [-0.39, 0.29) is 23.4 Å². The van der Waals surface area contributed by atoms with E-state index in [1.54, 1.807) is 0 Å². The van der Waals surface area contributed by atoms with Crippen LogP contribution in [-0.4, -0.2) is 44.5 Å². The van der Waals surface area contributed by atoms with Gasteiger partial charge in [0.2, 0.25) is 0 Å². The maximum Gasteiger partial charge on any atom is 0.305 e. The number of esters is 1. The molecule has 74 valence electrons. The molecule has 0 aromatic heterocycles. The van der Waals surface area contributed by atoms with E-state index < -0.39 is 44.5 Å². The van der Waals surface area contributed by atoms with Crippen LogP contribution in [0.5, 0.6) is 0 Å². The molecule has 0 bridgehead atoms. The van der Waals surface area contributed by atoms with Gasteiger partial charge in [-0.15, -0.1) is 0 Å². The summed E-state index contributed by atoms with van der Waals surface area (Å²) in [5, 5.41) is 0. The lowest BCUT2D eigenvalue weighted by molar-refractivity contribution is -0.870. The molecular formula is C8H18BrNO2. The lowest BCUT2D eigenvalue weighted by Gasteiger charge is -2.23. The van der Waals surface area contributed by atoms with Crippen molar-refractivity contribution in [3.63, 3.8) is 0 Å². The highest BCUT2D eigenvalue weighted by molar-refractivity contribution is 5.68. The zero-order valence-electron chi connectivity index (χ0n) is 15.8. The van der Waals surface area contributed by atoms with Gasteiger partial charge in [-0.05, 0) is 0 Å². The summed E-state index contributed by atoms with van der Waals surface area (Å²) in [6, 6.07) is 0. The van der Waals surface area contributed by atoms with Gasteiger partial charge < -0.3 is 26.2 Å². The summed E-state index contributed by atoms with van der Waals surface area (Å²) in [5.74, 6) is -0.662. The number of likely N-dealkylation sites (N-methyl/N-ethyl adjacent to an activating group) is 1. The zero-order valence-corrected chi connectivity index (χ0v) is 8.35. The molecule has 0 amide bonds. The third kappa shape index (κ3) is 9.91. The van der Waals surface area contributed by atoms with Gasteiger partial charge in [0.25, 0.3) is 0 Å². The van der Waals surface area contributed by atoms with E-state index in [4.69, 9.17) is 12.3 Å². The van der Waals surface area contributed by atoms with Crippen LogP contribution in [0, 0.1) is 0 Å². The molecular weight excluding hydrogens is 222 g/mol. The predicted molar refractivity (Wildman–Crippen MR) is 44.1 cm³/mol. The number of carbonyl (C=O) groups excluding carboxylic acids is 1. The molecule has 0 unspecified atom stereocenters. The first-order chi connectivity index (χ1) is 8.70. The van der Waals surface area contributed by atoms with Gasteiger partial charge in [0.05, 0.1) is 33.3 Å². The molecule has 0 atom stereocenters. The second kappa shape index (κ2) is 6.43. The van der Waals surface area contributed by atoms with Gasteiger partial charge in [0.15, 0.2) is 0 Å². The SMILES string of the molecule is [2H]C([2H])([2H])[N+](CCOC(=O)CC)(C([2H])([2H])[2H])C([2H])([2H])[2H].[Br-]. The van der Waals surface area contributed by atoms with E-state index in [0.29, 0.717) is 0 Å². The number of hydrogen-bond donors (Lipinski definition) is 0. The Kier molecular flexibility index (Phi) is 2.12. The van der Waals surface area contributed by atoms with E-state index >= 15 is 0 Å². The third-order valence-electron chi connectivity index (χ3n) is 0.978. The summed E-state index contributed by atoms with van der Waals surface area (Å²) >= 11 is 0. The van der Waals surface area contributed by atoms with E-state index in [1.165, 1.54) is 6.92 Å². The molecule has 0 aromatic rings. The minimum Gasteiger partial charge on any atom is -1.00 e. The van der Waals surface area contributed by atoms with Crippen molar-refractivity contribution >= 4 is 5.97 Å². The molecule has 0 aliphatic carbocycles. The molecule has 0 saturated carbocycles. The summed E-state index contributed by atoms with van der Waals surface area (Å²) in [4.78, 5) is 11.0. The number of rotatable bonds is 4. The highest BCUT2D eigenvalue weighted by Gasteiger charge is 2.07. The van der Waals surface area contributed by atoms with Crippen molar-refractivity contribution in [3.8, 4) is 0 Å². The number of carbonyl (C=O) groups is 1. The van der Waals surface area contributed by atoms with Gasteiger partial charge in [-0.3, -0.25) is 4.79 Å². The molecule has 0 N–H and O–H groups in total. The summed E-state index contributed by atoms with van der Waals surface area (Å²) in [5.41, 5.74) is 0. The largest absolute Gasteiger partial charge is 1.00 e. The Morgan fingerprint density at radius 3 is 2.50 bits per heavy atom. The fourth-order valence-electron chi connectivity index (χ4n) is 0.398. The molecule has 0 aromatic carbocycles. The van der Waals surface area contributed by atoms with Crippen LogP contribution in [-0.2, 0) is 9.53 Å². The maximum absolute atomic E-state index is 11.0. The lowest BCUT2D eigenvalue weighted by atomic mass is 10.5. The van der Waals surface area contributed by atoms with Crippen molar-refractivity contribution < 1.29 is 43.3 Å². The van der Waals surface area contributed by atoms with E-state index in [9.17, 15) is 4.79 Å². The van der Waals surface area contributed by atoms with Gasteiger partial charge in [-0.2, -0.15) is 0 Å². The molecule has 0 rings (SSSR count). The standard InChI is InChI=1S/C8H18NO2.BrH/c1-5-8(10)11-7-6-9(2,3)4;/h5-7H2,1-4H3;1H/q+1;/p-1/i2D3,3D3,4D3;. The van der Waals surface area contributed by atoms with Gasteiger partial charge in [0.1, 0.15) is 13.2 Å². The molecule has 0 saturated heterocycles. The Hall–Kier alpha value is -0.0900. The van der Waals surface area contributed by atoms with Crippen LogP contribution in [0.25, 0.3) is 0 Å². The van der Waals surface area contributed by atoms with Crippen LogP contribution in [0.3, 0.4) is 0 Å². The number of hydrogen-bond acceptors (Lipinski definition) is 2. The lowest BCUT2D eigenvalue weighted by Crippen LogP contribution is -3.00. The quantitative estimate of drug-likeness (QED) is 0.412. The first kappa shape index (κ1) is 3.96. The van der Waals surface area contributed by atoms with Crippen molar-refractivity contribution in [2.24, 2.45) is 0 Å². The third-order valence-corrected chi connectivity index (χ3v) is 0.978. The topological polar surface area (TPSA) is 26.3 Å². The number of halogens is 1. The first-order valence-electron chi connectivity index (χ1n) is 7.74. The number of quaternary nitrogens is 1. The number of nitrogens with zero attached hydrogens (tertiary/aromatic N) is 1. The van der Waals surface area contributed by atoms with Gasteiger partial charge in [0, 0.05) is 6.42 Å². The van der Waals surface area contributed by atoms with E-state index in [2.05, 4.69) is 4.74 Å². The molecule has 0 spiro atoms. The van der Waals surface area contributed by atoms with Gasteiger partial charge in [-0.25, -0.2) is 0 Å². The predicted octanol–water partition coefficient (Wildman–Crippen LogP) is -2.35. The average Bonchev–Trinajstić information content (AvgIpc) is 2.17. The van der Waals surface area contributed by atoms with Crippen LogP contribution in [0.4, 0.5) is 0 Å². The molecule has 0 fully saturated rings. The Morgan fingerprint density at radius 2 is 2.08 bits per heavy atom. The summed E-state index contributed by atoms with van der Waals surface area (Å²) in [6.45, 7) is -9.88. The average molecular weight is 249 g/mol. The Bertz CT molecular complexity index is 313. The van der Waals surface area contributed by atoms with Crippen molar-refractivity contribution in [1.29, 1.82) is 0 Å². The van der Waals surface area contributed by atoms with Crippen molar-refractivity contribution in [2.75, 3.05) is 34.1 Å². The Balaban J connectivity index is 0.